The van der Waals surface area contributed by atoms with E-state index in [2.05, 4.69) is 14.7 Å². The molecule has 3 aromatic heterocycles. The smallest absolute Gasteiger partial charge is 0.260 e. The van der Waals surface area contributed by atoms with Crippen LogP contribution in [0.2, 0.25) is 0 Å². The summed E-state index contributed by atoms with van der Waals surface area (Å²) in [5.74, 6) is -0.00254. The predicted molar refractivity (Wildman–Crippen MR) is 80.5 cm³/mol. The number of thiazole rings is 1. The minimum absolute atomic E-state index is 0.00254. The molecule has 7 nitrogen and oxygen atoms in total. The summed E-state index contributed by atoms with van der Waals surface area (Å²) in [6.45, 7) is 2.05. The van der Waals surface area contributed by atoms with E-state index in [0.717, 1.165) is 11.1 Å². The van der Waals surface area contributed by atoms with Crippen molar-refractivity contribution < 1.29 is 8.42 Å². The zero-order valence-corrected chi connectivity index (χ0v) is 12.8. The summed E-state index contributed by atoms with van der Waals surface area (Å²) in [6, 6.07) is 1.83. The number of hydrogen-bond donors (Lipinski definition) is 2. The van der Waals surface area contributed by atoms with Crippen LogP contribution in [0.4, 0.5) is 5.82 Å². The third-order valence-corrected chi connectivity index (χ3v) is 5.29. The van der Waals surface area contributed by atoms with Gasteiger partial charge in [0.25, 0.3) is 10.0 Å². The second kappa shape index (κ2) is 5.10. The zero-order valence-electron chi connectivity index (χ0n) is 11.1. The number of sulfonamides is 1. The molecule has 3 heterocycles. The number of aryl methyl sites for hydroxylation is 1. The van der Waals surface area contributed by atoms with E-state index in [9.17, 15) is 8.42 Å². The summed E-state index contributed by atoms with van der Waals surface area (Å²) in [5.41, 5.74) is 7.50. The maximum atomic E-state index is 12.4. The molecule has 0 radical (unpaired) electrons. The van der Waals surface area contributed by atoms with Crippen LogP contribution >= 0.6 is 11.3 Å². The average molecular weight is 323 g/mol. The van der Waals surface area contributed by atoms with Gasteiger partial charge < -0.3 is 5.73 Å². The first-order valence-electron chi connectivity index (χ1n) is 6.09. The molecule has 110 valence electrons. The van der Waals surface area contributed by atoms with Crippen LogP contribution in [-0.2, 0) is 16.6 Å². The number of pyridine rings is 1. The lowest BCUT2D eigenvalue weighted by molar-refractivity contribution is 0.577. The Hall–Kier alpha value is -1.97. The highest BCUT2D eigenvalue weighted by Gasteiger charge is 2.24. The first kappa shape index (κ1) is 14.0. The van der Waals surface area contributed by atoms with E-state index in [0.29, 0.717) is 4.96 Å². The van der Waals surface area contributed by atoms with Gasteiger partial charge in [-0.1, -0.05) is 0 Å². The van der Waals surface area contributed by atoms with Crippen LogP contribution in [0.3, 0.4) is 0 Å². The molecule has 0 spiro atoms. The number of nitrogens with one attached hydrogen (secondary N) is 1. The van der Waals surface area contributed by atoms with Crippen molar-refractivity contribution in [3.63, 3.8) is 0 Å². The number of fused-ring (bicyclic) bond motifs is 1. The fourth-order valence-electron chi connectivity index (χ4n) is 1.97. The summed E-state index contributed by atoms with van der Waals surface area (Å²) in [4.78, 5) is 8.58. The van der Waals surface area contributed by atoms with E-state index in [1.54, 1.807) is 24.0 Å². The number of anilines is 1. The van der Waals surface area contributed by atoms with Crippen molar-refractivity contribution in [3.8, 4) is 0 Å². The third-order valence-electron chi connectivity index (χ3n) is 3.10. The minimum atomic E-state index is -3.75. The molecule has 0 aromatic carbocycles. The van der Waals surface area contributed by atoms with Gasteiger partial charge in [0.1, 0.15) is 0 Å². The Morgan fingerprint density at radius 3 is 3.05 bits per heavy atom. The highest BCUT2D eigenvalue weighted by atomic mass is 32.2. The van der Waals surface area contributed by atoms with Gasteiger partial charge >= 0.3 is 0 Å². The van der Waals surface area contributed by atoms with Gasteiger partial charge in [0.05, 0.1) is 0 Å². The van der Waals surface area contributed by atoms with E-state index >= 15 is 0 Å². The third kappa shape index (κ3) is 2.50. The van der Waals surface area contributed by atoms with Crippen LogP contribution in [0.5, 0.6) is 0 Å². The van der Waals surface area contributed by atoms with Crippen LogP contribution in [0.25, 0.3) is 4.96 Å². The van der Waals surface area contributed by atoms with Crippen molar-refractivity contribution in [2.45, 2.75) is 18.5 Å². The van der Waals surface area contributed by atoms with Crippen molar-refractivity contribution in [2.75, 3.05) is 5.73 Å². The number of imidazole rings is 1. The van der Waals surface area contributed by atoms with E-state index in [1.807, 2.05) is 13.0 Å². The van der Waals surface area contributed by atoms with Crippen molar-refractivity contribution >= 4 is 32.1 Å². The Labute approximate surface area is 125 Å². The zero-order chi connectivity index (χ0) is 15.0. The van der Waals surface area contributed by atoms with Gasteiger partial charge in [-0.25, -0.2) is 18.1 Å². The molecule has 0 unspecified atom stereocenters. The molecule has 21 heavy (non-hydrogen) atoms. The monoisotopic (exact) mass is 323 g/mol. The van der Waals surface area contributed by atoms with Gasteiger partial charge in [0, 0.05) is 30.5 Å². The number of aromatic nitrogens is 3. The normalized spacial score (nSPS) is 12.0. The quantitative estimate of drug-likeness (QED) is 0.750. The maximum absolute atomic E-state index is 12.4. The topological polar surface area (TPSA) is 102 Å². The Bertz CT molecular complexity index is 897. The molecular formula is C12H13N5O2S2. The minimum Gasteiger partial charge on any atom is -0.381 e. The predicted octanol–water partition coefficient (Wildman–Crippen LogP) is 1.16. The van der Waals surface area contributed by atoms with Crippen LogP contribution in [0.15, 0.2) is 35.1 Å². The Kier molecular flexibility index (Phi) is 3.40. The molecule has 0 amide bonds. The van der Waals surface area contributed by atoms with Crippen LogP contribution in [-0.4, -0.2) is 22.8 Å². The highest BCUT2D eigenvalue weighted by Crippen LogP contribution is 2.23. The Morgan fingerprint density at radius 2 is 2.29 bits per heavy atom. The van der Waals surface area contributed by atoms with E-state index in [4.69, 9.17) is 5.73 Å². The molecule has 0 aliphatic carbocycles. The van der Waals surface area contributed by atoms with Crippen molar-refractivity contribution in [2.24, 2.45) is 0 Å². The molecule has 3 N–H and O–H groups in total. The molecule has 3 rings (SSSR count). The summed E-state index contributed by atoms with van der Waals surface area (Å²) < 4.78 is 28.9. The molecule has 0 aliphatic heterocycles. The van der Waals surface area contributed by atoms with Gasteiger partial charge in [-0.15, -0.1) is 11.3 Å². The molecule has 0 bridgehead atoms. The van der Waals surface area contributed by atoms with E-state index in [1.165, 1.54) is 15.7 Å². The van der Waals surface area contributed by atoms with Gasteiger partial charge in [-0.2, -0.15) is 0 Å². The molecule has 0 saturated carbocycles. The molecular weight excluding hydrogens is 310 g/mol. The summed E-state index contributed by atoms with van der Waals surface area (Å²) in [6.07, 6.45) is 4.93. The molecule has 9 heteroatoms. The second-order valence-corrected chi connectivity index (χ2v) is 7.04. The summed E-state index contributed by atoms with van der Waals surface area (Å²) in [7, 11) is -3.75. The highest BCUT2D eigenvalue weighted by molar-refractivity contribution is 7.89. The van der Waals surface area contributed by atoms with Crippen LogP contribution in [0, 0.1) is 6.92 Å². The van der Waals surface area contributed by atoms with Gasteiger partial charge in [0.15, 0.2) is 15.8 Å². The van der Waals surface area contributed by atoms with Crippen molar-refractivity contribution in [1.82, 2.24) is 19.1 Å². The lowest BCUT2D eigenvalue weighted by atomic mass is 10.2. The fraction of sp³-hybridized carbons (Fsp3) is 0.167. The van der Waals surface area contributed by atoms with E-state index < -0.39 is 10.0 Å². The number of nitrogen functional groups attached to an aromatic ring is 1. The standard InChI is InChI=1S/C12H13N5O2S2/c1-8-2-3-14-6-9(8)7-15-21(18,19)11-10(13)16-12-17(11)4-5-20-12/h2-6,15H,7,13H2,1H3. The molecule has 3 aromatic rings. The number of nitrogens with zero attached hydrogens (tertiary/aromatic N) is 3. The lowest BCUT2D eigenvalue weighted by Gasteiger charge is -2.08. The van der Waals surface area contributed by atoms with Crippen LogP contribution < -0.4 is 10.5 Å². The number of nitrogens with two attached hydrogens (primary N) is 1. The molecule has 0 fully saturated rings. The molecule has 0 saturated heterocycles. The second-order valence-electron chi connectivity index (χ2n) is 4.48. The number of hydrogen-bond acceptors (Lipinski definition) is 6. The largest absolute Gasteiger partial charge is 0.381 e. The van der Waals surface area contributed by atoms with Gasteiger partial charge in [-0.3, -0.25) is 9.38 Å². The maximum Gasteiger partial charge on any atom is 0.260 e. The fourth-order valence-corrected chi connectivity index (χ4v) is 3.96. The summed E-state index contributed by atoms with van der Waals surface area (Å²) in [5, 5.41) is 1.73. The average Bonchev–Trinajstić information content (AvgIpc) is 2.97. The van der Waals surface area contributed by atoms with Gasteiger partial charge in [-0.05, 0) is 24.1 Å². The van der Waals surface area contributed by atoms with Crippen molar-refractivity contribution in [3.05, 3.63) is 41.2 Å². The van der Waals surface area contributed by atoms with Crippen molar-refractivity contribution in [1.29, 1.82) is 0 Å². The summed E-state index contributed by atoms with van der Waals surface area (Å²) >= 11 is 1.32. The Balaban J connectivity index is 1.93. The van der Waals surface area contributed by atoms with Gasteiger partial charge in [0.2, 0.25) is 0 Å². The van der Waals surface area contributed by atoms with E-state index in [-0.39, 0.29) is 17.4 Å². The molecule has 0 atom stereocenters. The molecule has 0 aliphatic rings. The number of rotatable bonds is 4. The first-order chi connectivity index (χ1) is 9.99. The van der Waals surface area contributed by atoms with Crippen LogP contribution in [0.1, 0.15) is 11.1 Å². The Morgan fingerprint density at radius 1 is 1.48 bits per heavy atom. The SMILES string of the molecule is Cc1ccncc1CNS(=O)(=O)c1c(N)nc2sccn12. The lowest BCUT2D eigenvalue weighted by Crippen LogP contribution is -2.25. The first-order valence-corrected chi connectivity index (χ1v) is 8.45.